The van der Waals surface area contributed by atoms with E-state index in [1.54, 1.807) is 11.3 Å². The van der Waals surface area contributed by atoms with Crippen LogP contribution in [0.3, 0.4) is 0 Å². The van der Waals surface area contributed by atoms with Crippen LogP contribution in [0.4, 0.5) is 0 Å². The number of benzene rings is 1. The van der Waals surface area contributed by atoms with Crippen molar-refractivity contribution < 1.29 is 4.79 Å². The fraction of sp³-hybridized carbons (Fsp3) is 0.417. The molecule has 150 valence electrons. The summed E-state index contributed by atoms with van der Waals surface area (Å²) in [6, 6.07) is 12.9. The van der Waals surface area contributed by atoms with E-state index in [1.807, 2.05) is 6.20 Å². The van der Waals surface area contributed by atoms with Crippen LogP contribution in [-0.2, 0) is 24.2 Å². The van der Waals surface area contributed by atoms with Gasteiger partial charge in [0, 0.05) is 37.0 Å². The molecule has 0 N–H and O–H groups in total. The summed E-state index contributed by atoms with van der Waals surface area (Å²) in [5.74, 6) is 2.24. The van der Waals surface area contributed by atoms with E-state index in [0.29, 0.717) is 11.8 Å². The van der Waals surface area contributed by atoms with E-state index in [0.717, 1.165) is 63.3 Å². The van der Waals surface area contributed by atoms with Gasteiger partial charge in [-0.3, -0.25) is 4.79 Å². The molecule has 2 aliphatic rings. The fourth-order valence-corrected chi connectivity index (χ4v) is 5.49. The molecule has 1 unspecified atom stereocenters. The number of rotatable bonds is 4. The number of fused-ring (bicyclic) bond motifs is 1. The van der Waals surface area contributed by atoms with Crippen molar-refractivity contribution in [1.82, 2.24) is 14.5 Å². The Kier molecular flexibility index (Phi) is 5.23. The summed E-state index contributed by atoms with van der Waals surface area (Å²) >= 11 is 1.70. The van der Waals surface area contributed by atoms with Gasteiger partial charge in [0.1, 0.15) is 5.82 Å². The van der Waals surface area contributed by atoms with Crippen molar-refractivity contribution >= 4 is 17.2 Å². The highest BCUT2D eigenvalue weighted by Gasteiger charge is 2.32. The summed E-state index contributed by atoms with van der Waals surface area (Å²) in [5, 5.41) is 4.26. The lowest BCUT2D eigenvalue weighted by Gasteiger charge is -2.35. The first-order valence-corrected chi connectivity index (χ1v) is 11.6. The van der Waals surface area contributed by atoms with Gasteiger partial charge in [-0.15, -0.1) is 0 Å². The van der Waals surface area contributed by atoms with Gasteiger partial charge in [-0.2, -0.15) is 11.3 Å². The predicted octanol–water partition coefficient (Wildman–Crippen LogP) is 4.66. The van der Waals surface area contributed by atoms with Crippen molar-refractivity contribution in [2.24, 2.45) is 11.8 Å². The molecule has 0 spiro atoms. The van der Waals surface area contributed by atoms with Gasteiger partial charge in [-0.25, -0.2) is 4.98 Å². The van der Waals surface area contributed by atoms with Crippen LogP contribution in [0.1, 0.15) is 30.7 Å². The van der Waals surface area contributed by atoms with Gasteiger partial charge in [0.15, 0.2) is 0 Å². The van der Waals surface area contributed by atoms with E-state index >= 15 is 0 Å². The molecule has 2 aliphatic heterocycles. The number of thiophene rings is 1. The Hall–Kier alpha value is -2.40. The number of aromatic nitrogens is 2. The van der Waals surface area contributed by atoms with Gasteiger partial charge < -0.3 is 9.47 Å². The number of hydrogen-bond donors (Lipinski definition) is 0. The third-order valence-electron chi connectivity index (χ3n) is 6.52. The van der Waals surface area contributed by atoms with Gasteiger partial charge in [0.05, 0.1) is 17.8 Å². The summed E-state index contributed by atoms with van der Waals surface area (Å²) in [5.41, 5.74) is 3.78. The zero-order valence-corrected chi connectivity index (χ0v) is 17.5. The number of carbonyl (C=O) groups excluding carboxylic acids is 1. The normalized spacial score (nSPS) is 19.9. The predicted molar refractivity (Wildman–Crippen MR) is 117 cm³/mol. The number of nitrogens with zero attached hydrogens (tertiary/aromatic N) is 3. The Bertz CT molecular complexity index is 955. The molecule has 3 aromatic rings. The first-order valence-electron chi connectivity index (χ1n) is 10.7. The van der Waals surface area contributed by atoms with E-state index in [2.05, 4.69) is 61.6 Å². The summed E-state index contributed by atoms with van der Waals surface area (Å²) < 4.78 is 2.27. The average Bonchev–Trinajstić information content (AvgIpc) is 3.44. The third kappa shape index (κ3) is 3.88. The molecule has 0 aliphatic carbocycles. The maximum Gasteiger partial charge on any atom is 0.227 e. The zero-order chi connectivity index (χ0) is 19.6. The molecule has 1 saturated heterocycles. The van der Waals surface area contributed by atoms with Crippen molar-refractivity contribution in [2.45, 2.75) is 38.6 Å². The Labute approximate surface area is 176 Å². The number of aryl methyl sites for hydroxylation is 1. The summed E-state index contributed by atoms with van der Waals surface area (Å²) in [4.78, 5) is 20.0. The lowest BCUT2D eigenvalue weighted by Crippen LogP contribution is -2.44. The quantitative estimate of drug-likeness (QED) is 0.633. The van der Waals surface area contributed by atoms with Crippen LogP contribution in [0.25, 0.3) is 11.3 Å². The van der Waals surface area contributed by atoms with Gasteiger partial charge in [-0.05, 0) is 48.6 Å². The standard InChI is InChI=1S/C24H27N3OS/c28-24(26-11-8-19(9-12-26)14-18-4-2-1-3-5-18)20-6-7-23-25-15-22(27(23)16-20)21-10-13-29-17-21/h1-5,10,13,15,17,19-20H,6-9,11-12,14,16H2. The van der Waals surface area contributed by atoms with Crippen molar-refractivity contribution in [3.05, 3.63) is 64.7 Å². The first-order chi connectivity index (χ1) is 14.3. The monoisotopic (exact) mass is 405 g/mol. The van der Waals surface area contributed by atoms with Crippen LogP contribution < -0.4 is 0 Å². The number of likely N-dealkylation sites (tertiary alicyclic amines) is 1. The topological polar surface area (TPSA) is 38.1 Å². The second-order valence-corrected chi connectivity index (χ2v) is 9.16. The molecule has 1 amide bonds. The molecule has 0 bridgehead atoms. The van der Waals surface area contributed by atoms with E-state index in [-0.39, 0.29) is 5.92 Å². The number of imidazole rings is 1. The smallest absolute Gasteiger partial charge is 0.227 e. The maximum atomic E-state index is 13.2. The summed E-state index contributed by atoms with van der Waals surface area (Å²) in [6.45, 7) is 2.57. The highest BCUT2D eigenvalue weighted by Crippen LogP contribution is 2.30. The van der Waals surface area contributed by atoms with Crippen LogP contribution >= 0.6 is 11.3 Å². The highest BCUT2D eigenvalue weighted by molar-refractivity contribution is 7.08. The summed E-state index contributed by atoms with van der Waals surface area (Å²) in [7, 11) is 0. The minimum Gasteiger partial charge on any atom is -0.342 e. The van der Waals surface area contributed by atoms with E-state index in [4.69, 9.17) is 0 Å². The van der Waals surface area contributed by atoms with Gasteiger partial charge in [0.2, 0.25) is 5.91 Å². The number of amides is 1. The minimum atomic E-state index is 0.0831. The lowest BCUT2D eigenvalue weighted by molar-refractivity contribution is -0.138. The number of piperidine rings is 1. The fourth-order valence-electron chi connectivity index (χ4n) is 4.84. The van der Waals surface area contributed by atoms with Crippen LogP contribution in [0.5, 0.6) is 0 Å². The molecule has 5 rings (SSSR count). The van der Waals surface area contributed by atoms with Gasteiger partial charge in [0.25, 0.3) is 0 Å². The first kappa shape index (κ1) is 18.6. The van der Waals surface area contributed by atoms with E-state index in [1.165, 1.54) is 11.1 Å². The SMILES string of the molecule is O=C(C1CCc2ncc(-c3ccsc3)n2C1)N1CCC(Cc2ccccc2)CC1. The lowest BCUT2D eigenvalue weighted by atomic mass is 9.89. The minimum absolute atomic E-state index is 0.0831. The van der Waals surface area contributed by atoms with E-state index in [9.17, 15) is 4.79 Å². The van der Waals surface area contributed by atoms with Crippen molar-refractivity contribution in [2.75, 3.05) is 13.1 Å². The van der Waals surface area contributed by atoms with Crippen molar-refractivity contribution in [3.63, 3.8) is 0 Å². The number of hydrogen-bond acceptors (Lipinski definition) is 3. The molecule has 29 heavy (non-hydrogen) atoms. The average molecular weight is 406 g/mol. The van der Waals surface area contributed by atoms with Crippen molar-refractivity contribution in [3.8, 4) is 11.3 Å². The molecule has 2 aromatic heterocycles. The maximum absolute atomic E-state index is 13.2. The molecule has 0 radical (unpaired) electrons. The number of carbonyl (C=O) groups is 1. The highest BCUT2D eigenvalue weighted by atomic mass is 32.1. The molecule has 4 heterocycles. The Morgan fingerprint density at radius 2 is 1.93 bits per heavy atom. The second kappa shape index (κ2) is 8.15. The van der Waals surface area contributed by atoms with Crippen molar-refractivity contribution in [1.29, 1.82) is 0 Å². The Balaban J connectivity index is 1.21. The molecule has 1 aromatic carbocycles. The molecular formula is C24H27N3OS. The van der Waals surface area contributed by atoms with E-state index < -0.39 is 0 Å². The van der Waals surface area contributed by atoms with Crippen LogP contribution in [-0.4, -0.2) is 33.4 Å². The molecule has 1 fully saturated rings. The molecule has 4 nitrogen and oxygen atoms in total. The van der Waals surface area contributed by atoms with Gasteiger partial charge >= 0.3 is 0 Å². The van der Waals surface area contributed by atoms with Crippen LogP contribution in [0.15, 0.2) is 53.4 Å². The Morgan fingerprint density at radius 1 is 1.10 bits per heavy atom. The van der Waals surface area contributed by atoms with Crippen LogP contribution in [0, 0.1) is 11.8 Å². The second-order valence-electron chi connectivity index (χ2n) is 8.38. The van der Waals surface area contributed by atoms with Crippen LogP contribution in [0.2, 0.25) is 0 Å². The molecular weight excluding hydrogens is 378 g/mol. The van der Waals surface area contributed by atoms with Gasteiger partial charge in [-0.1, -0.05) is 30.3 Å². The summed E-state index contributed by atoms with van der Waals surface area (Å²) in [6.07, 6.45) is 7.15. The molecule has 1 atom stereocenters. The zero-order valence-electron chi connectivity index (χ0n) is 16.7. The Morgan fingerprint density at radius 3 is 2.69 bits per heavy atom. The molecule has 0 saturated carbocycles. The largest absolute Gasteiger partial charge is 0.342 e. The third-order valence-corrected chi connectivity index (χ3v) is 7.20. The molecule has 5 heteroatoms.